The lowest BCUT2D eigenvalue weighted by molar-refractivity contribution is -0.126. The van der Waals surface area contributed by atoms with E-state index in [1.807, 2.05) is 54.6 Å². The van der Waals surface area contributed by atoms with Gasteiger partial charge in [0.25, 0.3) is 5.91 Å². The van der Waals surface area contributed by atoms with E-state index in [9.17, 15) is 9.59 Å². The standard InChI is InChI=1S/C26H30N4O2/c1-30(18-20-8-4-2-5-9-20)26(32)23-17-28-29-24(23)21-14-12-19(13-15-21)16-27-25(31)22-10-6-3-7-11-22/h2,4-5,8-9,12-15,17,22H,3,6-7,10-11,16,18H2,1H3,(H,27,31)(H,28,29). The highest BCUT2D eigenvalue weighted by Crippen LogP contribution is 2.25. The van der Waals surface area contributed by atoms with Gasteiger partial charge < -0.3 is 10.2 Å². The number of hydrogen-bond donors (Lipinski definition) is 2. The predicted molar refractivity (Wildman–Crippen MR) is 125 cm³/mol. The first kappa shape index (κ1) is 21.8. The van der Waals surface area contributed by atoms with Crippen LogP contribution in [0.15, 0.2) is 60.8 Å². The molecule has 0 spiro atoms. The minimum atomic E-state index is -0.0820. The van der Waals surface area contributed by atoms with Crippen LogP contribution in [0.3, 0.4) is 0 Å². The van der Waals surface area contributed by atoms with Crippen LogP contribution in [0.4, 0.5) is 0 Å². The van der Waals surface area contributed by atoms with Crippen molar-refractivity contribution >= 4 is 11.8 Å². The van der Waals surface area contributed by atoms with Crippen molar-refractivity contribution in [3.63, 3.8) is 0 Å². The summed E-state index contributed by atoms with van der Waals surface area (Å²) in [7, 11) is 1.80. The van der Waals surface area contributed by atoms with Gasteiger partial charge in [-0.25, -0.2) is 0 Å². The smallest absolute Gasteiger partial charge is 0.257 e. The van der Waals surface area contributed by atoms with Crippen molar-refractivity contribution < 1.29 is 9.59 Å². The molecule has 1 fully saturated rings. The molecule has 4 rings (SSSR count). The molecule has 1 aliphatic rings. The fourth-order valence-electron chi connectivity index (χ4n) is 4.29. The first-order valence-corrected chi connectivity index (χ1v) is 11.3. The van der Waals surface area contributed by atoms with Gasteiger partial charge in [-0.2, -0.15) is 5.10 Å². The molecule has 0 unspecified atom stereocenters. The van der Waals surface area contributed by atoms with Gasteiger partial charge in [0.1, 0.15) is 0 Å². The molecule has 1 saturated carbocycles. The van der Waals surface area contributed by atoms with Crippen LogP contribution in [-0.2, 0) is 17.9 Å². The van der Waals surface area contributed by atoms with Crippen molar-refractivity contribution in [2.45, 2.75) is 45.2 Å². The number of carbonyl (C=O) groups excluding carboxylic acids is 2. The summed E-state index contributed by atoms with van der Waals surface area (Å²) in [6, 6.07) is 17.8. The molecular weight excluding hydrogens is 400 g/mol. The molecule has 2 N–H and O–H groups in total. The summed E-state index contributed by atoms with van der Waals surface area (Å²) in [6.45, 7) is 1.05. The van der Waals surface area contributed by atoms with Gasteiger partial charge in [-0.05, 0) is 24.0 Å². The fourth-order valence-corrected chi connectivity index (χ4v) is 4.29. The molecule has 0 saturated heterocycles. The lowest BCUT2D eigenvalue weighted by Crippen LogP contribution is -2.31. The number of nitrogens with zero attached hydrogens (tertiary/aromatic N) is 2. The Bertz CT molecular complexity index is 1040. The maximum Gasteiger partial charge on any atom is 0.257 e. The van der Waals surface area contributed by atoms with Crippen molar-refractivity contribution in [3.05, 3.63) is 77.5 Å². The highest BCUT2D eigenvalue weighted by Gasteiger charge is 2.21. The zero-order valence-corrected chi connectivity index (χ0v) is 18.5. The van der Waals surface area contributed by atoms with Crippen molar-refractivity contribution in [2.24, 2.45) is 5.92 Å². The summed E-state index contributed by atoms with van der Waals surface area (Å²) in [6.07, 6.45) is 7.13. The molecule has 0 radical (unpaired) electrons. The largest absolute Gasteiger partial charge is 0.352 e. The van der Waals surface area contributed by atoms with Crippen LogP contribution in [0, 0.1) is 5.92 Å². The molecule has 6 heteroatoms. The zero-order valence-electron chi connectivity index (χ0n) is 18.5. The fraction of sp³-hybridized carbons (Fsp3) is 0.346. The van der Waals surface area contributed by atoms with Gasteiger partial charge in [0, 0.05) is 31.6 Å². The number of amides is 2. The van der Waals surface area contributed by atoms with E-state index in [1.165, 1.54) is 6.42 Å². The van der Waals surface area contributed by atoms with E-state index in [0.29, 0.717) is 24.3 Å². The molecule has 6 nitrogen and oxygen atoms in total. The number of H-pyrrole nitrogens is 1. The molecule has 0 atom stereocenters. The average Bonchev–Trinajstić information content (AvgIpc) is 3.33. The van der Waals surface area contributed by atoms with Gasteiger partial charge in [0.15, 0.2) is 0 Å². The van der Waals surface area contributed by atoms with Gasteiger partial charge >= 0.3 is 0 Å². The molecule has 1 heterocycles. The van der Waals surface area contributed by atoms with Crippen molar-refractivity contribution in [1.82, 2.24) is 20.4 Å². The van der Waals surface area contributed by atoms with Gasteiger partial charge in [-0.3, -0.25) is 14.7 Å². The Labute approximate surface area is 189 Å². The third-order valence-electron chi connectivity index (χ3n) is 6.16. The van der Waals surface area contributed by atoms with Gasteiger partial charge in [-0.1, -0.05) is 73.9 Å². The molecule has 3 aromatic rings. The first-order chi connectivity index (χ1) is 15.6. The van der Waals surface area contributed by atoms with Crippen LogP contribution in [0.1, 0.15) is 53.6 Å². The maximum atomic E-state index is 13.0. The Kier molecular flexibility index (Phi) is 7.00. The van der Waals surface area contributed by atoms with Crippen LogP contribution in [0.25, 0.3) is 11.3 Å². The molecule has 166 valence electrons. The van der Waals surface area contributed by atoms with Crippen molar-refractivity contribution in [2.75, 3.05) is 7.05 Å². The number of rotatable bonds is 7. The van der Waals surface area contributed by atoms with Crippen LogP contribution < -0.4 is 5.32 Å². The van der Waals surface area contributed by atoms with E-state index in [0.717, 1.165) is 42.4 Å². The lowest BCUT2D eigenvalue weighted by Gasteiger charge is -2.20. The zero-order chi connectivity index (χ0) is 22.3. The van der Waals surface area contributed by atoms with E-state index in [-0.39, 0.29) is 17.7 Å². The Balaban J connectivity index is 1.39. The SMILES string of the molecule is CN(Cc1ccccc1)C(=O)c1cn[nH]c1-c1ccc(CNC(=O)C2CCCCC2)cc1. The Morgan fingerprint density at radius 3 is 2.44 bits per heavy atom. The minimum Gasteiger partial charge on any atom is -0.352 e. The highest BCUT2D eigenvalue weighted by molar-refractivity contribution is 5.99. The van der Waals surface area contributed by atoms with Crippen molar-refractivity contribution in [3.8, 4) is 11.3 Å². The monoisotopic (exact) mass is 430 g/mol. The van der Waals surface area contributed by atoms with E-state index >= 15 is 0 Å². The first-order valence-electron chi connectivity index (χ1n) is 11.3. The normalized spacial score (nSPS) is 14.2. The molecule has 2 aromatic carbocycles. The number of benzene rings is 2. The van der Waals surface area contributed by atoms with Crippen LogP contribution in [-0.4, -0.2) is 34.0 Å². The van der Waals surface area contributed by atoms with Crippen LogP contribution in [0.5, 0.6) is 0 Å². The van der Waals surface area contributed by atoms with E-state index in [2.05, 4.69) is 15.5 Å². The molecular formula is C26H30N4O2. The second-order valence-corrected chi connectivity index (χ2v) is 8.56. The van der Waals surface area contributed by atoms with E-state index in [1.54, 1.807) is 18.1 Å². The average molecular weight is 431 g/mol. The van der Waals surface area contributed by atoms with Gasteiger partial charge in [0.05, 0.1) is 17.5 Å². The molecule has 1 aliphatic carbocycles. The minimum absolute atomic E-state index is 0.0820. The van der Waals surface area contributed by atoms with Gasteiger partial charge in [-0.15, -0.1) is 0 Å². The Morgan fingerprint density at radius 1 is 1.00 bits per heavy atom. The second kappa shape index (κ2) is 10.3. The summed E-state index contributed by atoms with van der Waals surface area (Å²) >= 11 is 0. The van der Waals surface area contributed by atoms with Crippen LogP contribution in [0.2, 0.25) is 0 Å². The Hall–Kier alpha value is -3.41. The summed E-state index contributed by atoms with van der Waals surface area (Å²) in [5, 5.41) is 10.2. The number of carbonyl (C=O) groups is 2. The molecule has 1 aromatic heterocycles. The van der Waals surface area contributed by atoms with E-state index < -0.39 is 0 Å². The van der Waals surface area contributed by atoms with Gasteiger partial charge in [0.2, 0.25) is 5.91 Å². The molecule has 2 amide bonds. The molecule has 0 aliphatic heterocycles. The summed E-state index contributed by atoms with van der Waals surface area (Å²) < 4.78 is 0. The number of aromatic nitrogens is 2. The highest BCUT2D eigenvalue weighted by atomic mass is 16.2. The lowest BCUT2D eigenvalue weighted by atomic mass is 9.88. The molecule has 0 bridgehead atoms. The summed E-state index contributed by atoms with van der Waals surface area (Å²) in [5.41, 5.74) is 4.25. The van der Waals surface area contributed by atoms with Crippen LogP contribution >= 0.6 is 0 Å². The summed E-state index contributed by atoms with van der Waals surface area (Å²) in [4.78, 5) is 27.1. The number of hydrogen-bond acceptors (Lipinski definition) is 3. The third-order valence-corrected chi connectivity index (χ3v) is 6.16. The van der Waals surface area contributed by atoms with E-state index in [4.69, 9.17) is 0 Å². The predicted octanol–water partition coefficient (Wildman–Crippen LogP) is 4.55. The quantitative estimate of drug-likeness (QED) is 0.577. The molecule has 32 heavy (non-hydrogen) atoms. The third kappa shape index (κ3) is 5.25. The van der Waals surface area contributed by atoms with Crippen molar-refractivity contribution in [1.29, 1.82) is 0 Å². The Morgan fingerprint density at radius 2 is 1.72 bits per heavy atom. The second-order valence-electron chi connectivity index (χ2n) is 8.56. The number of nitrogens with one attached hydrogen (secondary N) is 2. The number of aromatic amines is 1. The topological polar surface area (TPSA) is 78.1 Å². The summed E-state index contributed by atoms with van der Waals surface area (Å²) in [5.74, 6) is 0.243. The maximum absolute atomic E-state index is 13.0.